The Bertz CT molecular complexity index is 1310. The van der Waals surface area contributed by atoms with Gasteiger partial charge in [-0.05, 0) is 55.3 Å². The van der Waals surface area contributed by atoms with Crippen molar-refractivity contribution < 1.29 is 23.9 Å². The summed E-state index contributed by atoms with van der Waals surface area (Å²) in [6.07, 6.45) is 0.505. The van der Waals surface area contributed by atoms with E-state index >= 15 is 0 Å². The van der Waals surface area contributed by atoms with E-state index in [1.807, 2.05) is 25.1 Å². The first kappa shape index (κ1) is 20.7. The Kier molecular flexibility index (Phi) is 5.08. The topological polar surface area (TPSA) is 121 Å². The molecule has 9 nitrogen and oxygen atoms in total. The lowest BCUT2D eigenvalue weighted by atomic mass is 10.0. The second-order valence-corrected chi connectivity index (χ2v) is 8.06. The van der Waals surface area contributed by atoms with E-state index in [0.29, 0.717) is 35.7 Å². The third-order valence-corrected chi connectivity index (χ3v) is 5.95. The first-order valence-electron chi connectivity index (χ1n) is 10.8. The van der Waals surface area contributed by atoms with Crippen LogP contribution in [0.5, 0.6) is 5.75 Å². The van der Waals surface area contributed by atoms with Crippen molar-refractivity contribution in [1.29, 1.82) is 0 Å². The van der Waals surface area contributed by atoms with Crippen LogP contribution >= 0.6 is 0 Å². The van der Waals surface area contributed by atoms with Crippen molar-refractivity contribution in [2.45, 2.75) is 32.4 Å². The average molecular weight is 446 g/mol. The standard InChI is InChI=1S/C24H22N4O5/c1-2-33-20-5-3-4-17-16(20)11-18(26-17)22(30)25-14-6-7-15-13(10-14)12-28(24(15)32)19-8-9-21(29)27-23(19)31/h3-7,10-11,19,26H,2,8-9,12H2,1H3,(H,25,30)(H,27,29,31). The van der Waals surface area contributed by atoms with Crippen LogP contribution in [0.1, 0.15) is 46.2 Å². The molecule has 3 aromatic rings. The van der Waals surface area contributed by atoms with Crippen molar-refractivity contribution >= 4 is 40.2 Å². The molecule has 4 amide bonds. The predicted octanol–water partition coefficient (Wildman–Crippen LogP) is 2.58. The van der Waals surface area contributed by atoms with E-state index in [0.717, 1.165) is 16.5 Å². The van der Waals surface area contributed by atoms with Gasteiger partial charge >= 0.3 is 0 Å². The third-order valence-electron chi connectivity index (χ3n) is 5.95. The van der Waals surface area contributed by atoms with Gasteiger partial charge in [0.1, 0.15) is 17.5 Å². The van der Waals surface area contributed by atoms with Gasteiger partial charge in [-0.25, -0.2) is 0 Å². The van der Waals surface area contributed by atoms with Gasteiger partial charge in [0.25, 0.3) is 11.8 Å². The number of hydrogen-bond donors (Lipinski definition) is 3. The lowest BCUT2D eigenvalue weighted by Gasteiger charge is -2.29. The van der Waals surface area contributed by atoms with Crippen LogP contribution in [0.25, 0.3) is 10.9 Å². The van der Waals surface area contributed by atoms with Crippen molar-refractivity contribution in [3.05, 3.63) is 59.3 Å². The van der Waals surface area contributed by atoms with Gasteiger partial charge in [-0.1, -0.05) is 6.07 Å². The molecule has 33 heavy (non-hydrogen) atoms. The summed E-state index contributed by atoms with van der Waals surface area (Å²) in [7, 11) is 0. The number of ether oxygens (including phenoxy) is 1. The van der Waals surface area contributed by atoms with Crippen LogP contribution in [-0.4, -0.2) is 46.2 Å². The molecule has 0 saturated carbocycles. The molecular weight excluding hydrogens is 424 g/mol. The first-order valence-corrected chi connectivity index (χ1v) is 10.8. The number of carbonyl (C=O) groups excluding carboxylic acids is 4. The highest BCUT2D eigenvalue weighted by molar-refractivity contribution is 6.08. The average Bonchev–Trinajstić information content (AvgIpc) is 3.36. The summed E-state index contributed by atoms with van der Waals surface area (Å²) in [4.78, 5) is 53.9. The molecule has 0 bridgehead atoms. The van der Waals surface area contributed by atoms with E-state index in [9.17, 15) is 19.2 Å². The number of amides is 4. The Hall–Kier alpha value is -4.14. The number of fused-ring (bicyclic) bond motifs is 2. The van der Waals surface area contributed by atoms with Crippen LogP contribution in [0.4, 0.5) is 5.69 Å². The summed E-state index contributed by atoms with van der Waals surface area (Å²) < 4.78 is 5.63. The molecule has 1 aromatic heterocycles. The lowest BCUT2D eigenvalue weighted by Crippen LogP contribution is -2.52. The predicted molar refractivity (Wildman–Crippen MR) is 120 cm³/mol. The third kappa shape index (κ3) is 3.71. The zero-order valence-electron chi connectivity index (χ0n) is 17.9. The number of nitrogens with zero attached hydrogens (tertiary/aromatic N) is 1. The zero-order valence-corrected chi connectivity index (χ0v) is 17.9. The number of aromatic amines is 1. The zero-order chi connectivity index (χ0) is 23.1. The molecule has 1 unspecified atom stereocenters. The minimum Gasteiger partial charge on any atom is -0.493 e. The van der Waals surface area contributed by atoms with Gasteiger partial charge < -0.3 is 19.9 Å². The number of nitrogens with one attached hydrogen (secondary N) is 3. The summed E-state index contributed by atoms with van der Waals surface area (Å²) in [5, 5.41) is 5.97. The summed E-state index contributed by atoms with van der Waals surface area (Å²) in [5.41, 5.74) is 2.94. The van der Waals surface area contributed by atoms with Crippen LogP contribution in [0.2, 0.25) is 0 Å². The van der Waals surface area contributed by atoms with Crippen molar-refractivity contribution in [3.8, 4) is 5.75 Å². The highest BCUT2D eigenvalue weighted by atomic mass is 16.5. The second kappa shape index (κ2) is 8.09. The number of carbonyl (C=O) groups is 4. The van der Waals surface area contributed by atoms with Crippen LogP contribution in [-0.2, 0) is 16.1 Å². The molecule has 3 heterocycles. The van der Waals surface area contributed by atoms with Crippen LogP contribution in [0.3, 0.4) is 0 Å². The molecule has 1 atom stereocenters. The molecular formula is C24H22N4O5. The fraction of sp³-hybridized carbons (Fsp3) is 0.250. The molecule has 2 aromatic carbocycles. The largest absolute Gasteiger partial charge is 0.493 e. The van der Waals surface area contributed by atoms with E-state index in [-0.39, 0.29) is 30.7 Å². The molecule has 168 valence electrons. The molecule has 0 aliphatic carbocycles. The number of aromatic nitrogens is 1. The van der Waals surface area contributed by atoms with Gasteiger partial charge in [0.2, 0.25) is 11.8 Å². The number of benzene rings is 2. The van der Waals surface area contributed by atoms with Crippen molar-refractivity contribution in [2.75, 3.05) is 11.9 Å². The molecule has 9 heteroatoms. The Morgan fingerprint density at radius 3 is 2.82 bits per heavy atom. The SMILES string of the molecule is CCOc1cccc2[nH]c(C(=O)Nc3ccc4c(c3)CN(C3CCC(=O)NC3=O)C4=O)cc12. The monoisotopic (exact) mass is 446 g/mol. The van der Waals surface area contributed by atoms with Crippen LogP contribution in [0.15, 0.2) is 42.5 Å². The molecule has 3 N–H and O–H groups in total. The van der Waals surface area contributed by atoms with Crippen LogP contribution < -0.4 is 15.4 Å². The number of hydrogen-bond acceptors (Lipinski definition) is 5. The van der Waals surface area contributed by atoms with Gasteiger partial charge in [0, 0.05) is 35.1 Å². The van der Waals surface area contributed by atoms with Gasteiger partial charge in [-0.15, -0.1) is 0 Å². The van der Waals surface area contributed by atoms with Gasteiger partial charge in [0.15, 0.2) is 0 Å². The molecule has 0 radical (unpaired) electrons. The fourth-order valence-corrected chi connectivity index (χ4v) is 4.38. The summed E-state index contributed by atoms with van der Waals surface area (Å²) in [6, 6.07) is 11.7. The Balaban J connectivity index is 1.34. The number of piperidine rings is 1. The normalized spacial score (nSPS) is 17.8. The number of H-pyrrole nitrogens is 1. The molecule has 1 saturated heterocycles. The highest BCUT2D eigenvalue weighted by Gasteiger charge is 2.39. The maximum atomic E-state index is 12.9. The van der Waals surface area contributed by atoms with Crippen LogP contribution in [0, 0.1) is 0 Å². The second-order valence-electron chi connectivity index (χ2n) is 8.06. The number of rotatable bonds is 5. The summed E-state index contributed by atoms with van der Waals surface area (Å²) >= 11 is 0. The molecule has 2 aliphatic rings. The first-order chi connectivity index (χ1) is 15.9. The van der Waals surface area contributed by atoms with E-state index in [1.165, 1.54) is 4.90 Å². The van der Waals surface area contributed by atoms with E-state index in [1.54, 1.807) is 24.3 Å². The highest BCUT2D eigenvalue weighted by Crippen LogP contribution is 2.30. The lowest BCUT2D eigenvalue weighted by molar-refractivity contribution is -0.136. The van der Waals surface area contributed by atoms with E-state index < -0.39 is 11.9 Å². The molecule has 2 aliphatic heterocycles. The summed E-state index contributed by atoms with van der Waals surface area (Å²) in [5.74, 6) is -0.645. The quantitative estimate of drug-likeness (QED) is 0.520. The Morgan fingerprint density at radius 2 is 2.03 bits per heavy atom. The maximum absolute atomic E-state index is 12.9. The van der Waals surface area contributed by atoms with Crippen molar-refractivity contribution in [2.24, 2.45) is 0 Å². The minimum absolute atomic E-state index is 0.202. The number of anilines is 1. The minimum atomic E-state index is -0.675. The van der Waals surface area contributed by atoms with Gasteiger partial charge in [-0.2, -0.15) is 0 Å². The fourth-order valence-electron chi connectivity index (χ4n) is 4.38. The Morgan fingerprint density at radius 1 is 1.18 bits per heavy atom. The van der Waals surface area contributed by atoms with Crippen molar-refractivity contribution in [3.63, 3.8) is 0 Å². The van der Waals surface area contributed by atoms with Gasteiger partial charge in [-0.3, -0.25) is 24.5 Å². The van der Waals surface area contributed by atoms with E-state index in [2.05, 4.69) is 15.6 Å². The molecule has 5 rings (SSSR count). The molecule has 1 fully saturated rings. The van der Waals surface area contributed by atoms with E-state index in [4.69, 9.17) is 4.74 Å². The van der Waals surface area contributed by atoms with Gasteiger partial charge in [0.05, 0.1) is 6.61 Å². The maximum Gasteiger partial charge on any atom is 0.272 e. The smallest absolute Gasteiger partial charge is 0.272 e. The Labute approximate surface area is 189 Å². The number of imide groups is 1. The summed E-state index contributed by atoms with van der Waals surface area (Å²) in [6.45, 7) is 2.67. The molecule has 0 spiro atoms. The van der Waals surface area contributed by atoms with Crippen molar-refractivity contribution in [1.82, 2.24) is 15.2 Å².